The molecule has 5 aromatic rings. The minimum Gasteiger partial charge on any atom is -0.397 e. The number of fused-ring (bicyclic) bond motifs is 3. The van der Waals surface area contributed by atoms with Gasteiger partial charge in [-0.2, -0.15) is 38.8 Å². The summed E-state index contributed by atoms with van der Waals surface area (Å²) in [5, 5.41) is 40.6. The van der Waals surface area contributed by atoms with Crippen LogP contribution in [0.5, 0.6) is 0 Å². The molecule has 0 aliphatic heterocycles. The summed E-state index contributed by atoms with van der Waals surface area (Å²) in [6.45, 7) is 0. The number of hydrogen-bond donors (Lipinski definition) is 7. The van der Waals surface area contributed by atoms with Gasteiger partial charge in [0.15, 0.2) is 0 Å². The molecular formula is C42H29N11O15S4. The van der Waals surface area contributed by atoms with Gasteiger partial charge in [0.2, 0.25) is 5.78 Å². The lowest BCUT2D eigenvalue weighted by atomic mass is 9.93. The van der Waals surface area contributed by atoms with E-state index in [0.717, 1.165) is 66.7 Å². The van der Waals surface area contributed by atoms with E-state index in [2.05, 4.69) is 41.2 Å². The smallest absolute Gasteiger partial charge is 0.296 e. The first-order valence-corrected chi connectivity index (χ1v) is 25.5. The van der Waals surface area contributed by atoms with Gasteiger partial charge in [-0.3, -0.25) is 38.5 Å². The number of carbonyl (C=O) groups is 1. The van der Waals surface area contributed by atoms with Gasteiger partial charge in [-0.25, -0.2) is 0 Å². The van der Waals surface area contributed by atoms with Crippen molar-refractivity contribution >= 4 is 115 Å². The molecule has 3 aliphatic rings. The van der Waals surface area contributed by atoms with Crippen LogP contribution >= 0.6 is 0 Å². The number of anilines is 3. The average molecular weight is 1060 g/mol. The lowest BCUT2D eigenvalue weighted by Gasteiger charge is -2.17. The van der Waals surface area contributed by atoms with Crippen LogP contribution in [0.4, 0.5) is 34.1 Å². The number of benzene rings is 5. The number of hydrazone groups is 1. The van der Waals surface area contributed by atoms with Gasteiger partial charge in [-0.15, -0.1) is 30.6 Å². The van der Waals surface area contributed by atoms with Crippen LogP contribution in [0.15, 0.2) is 171 Å². The molecule has 8 rings (SSSR count). The van der Waals surface area contributed by atoms with Gasteiger partial charge in [-0.05, 0) is 78.9 Å². The van der Waals surface area contributed by atoms with Crippen molar-refractivity contribution in [1.82, 2.24) is 0 Å². The monoisotopic (exact) mass is 1060 g/mol. The van der Waals surface area contributed by atoms with E-state index in [1.54, 1.807) is 24.3 Å². The molecule has 0 aromatic heterocycles. The molecule has 5 aromatic carbocycles. The van der Waals surface area contributed by atoms with Crippen LogP contribution in [0.3, 0.4) is 0 Å². The van der Waals surface area contributed by atoms with E-state index in [0.29, 0.717) is 11.1 Å². The fraction of sp³-hybridized carbons (Fsp3) is 0. The highest BCUT2D eigenvalue weighted by Gasteiger charge is 2.30. The maximum atomic E-state index is 14.1. The Hall–Kier alpha value is -8.62. The van der Waals surface area contributed by atoms with Crippen molar-refractivity contribution in [3.63, 3.8) is 0 Å². The summed E-state index contributed by atoms with van der Waals surface area (Å²) in [6.07, 6.45) is 7.87. The summed E-state index contributed by atoms with van der Waals surface area (Å²) in [5.41, 5.74) is 12.4. The molecule has 0 amide bonds. The number of Topliss-reactive ketones (excluding diaryl/α,β-unsaturated/α-hetero) is 1. The van der Waals surface area contributed by atoms with E-state index in [9.17, 15) is 66.8 Å². The molecule has 0 atom stereocenters. The molecule has 0 heterocycles. The van der Waals surface area contributed by atoms with Crippen LogP contribution in [0.1, 0.15) is 38.2 Å². The molecule has 0 saturated heterocycles. The maximum Gasteiger partial charge on any atom is 0.296 e. The zero-order valence-electron chi connectivity index (χ0n) is 35.7. The Bertz CT molecular complexity index is 4030. The zero-order chi connectivity index (χ0) is 52.1. The Morgan fingerprint density at radius 3 is 1.61 bits per heavy atom. The van der Waals surface area contributed by atoms with Gasteiger partial charge in [0, 0.05) is 33.9 Å². The number of nitrogens with zero attached hydrogens (tertiary/aromatic N) is 8. The van der Waals surface area contributed by atoms with E-state index in [1.165, 1.54) is 30.4 Å². The number of nitro benzene ring substituents is 1. The molecule has 0 unspecified atom stereocenters. The van der Waals surface area contributed by atoms with Crippen LogP contribution < -0.4 is 16.9 Å². The number of nitro groups is 1. The summed E-state index contributed by atoms with van der Waals surface area (Å²) in [6, 6.07) is 16.2. The molecule has 9 N–H and O–H groups in total. The third-order valence-electron chi connectivity index (χ3n) is 10.4. The predicted molar refractivity (Wildman–Crippen MR) is 260 cm³/mol. The van der Waals surface area contributed by atoms with Gasteiger partial charge in [0.1, 0.15) is 26.9 Å². The minimum absolute atomic E-state index is 0.0179. The highest BCUT2D eigenvalue weighted by molar-refractivity contribution is 7.86. The number of azo groups is 1. The Balaban J connectivity index is 1.15. The highest BCUT2D eigenvalue weighted by Crippen LogP contribution is 2.37. The first-order chi connectivity index (χ1) is 33.8. The van der Waals surface area contributed by atoms with Gasteiger partial charge in [-0.1, -0.05) is 36.4 Å². The summed E-state index contributed by atoms with van der Waals surface area (Å²) in [7, 11) is -19.4. The number of rotatable bonds is 11. The Morgan fingerprint density at radius 2 is 1.01 bits per heavy atom. The number of nitrogens with one attached hydrogen (secondary N) is 1. The molecule has 366 valence electrons. The molecule has 0 spiro atoms. The van der Waals surface area contributed by atoms with Crippen molar-refractivity contribution in [3.8, 4) is 0 Å². The topological polar surface area (TPSA) is 428 Å². The molecule has 0 bridgehead atoms. The number of nitrogen functional groups attached to an aromatic ring is 2. The van der Waals surface area contributed by atoms with E-state index in [-0.39, 0.29) is 62.3 Å². The van der Waals surface area contributed by atoms with Crippen molar-refractivity contribution in [3.05, 3.63) is 159 Å². The predicted octanol–water partition coefficient (Wildman–Crippen LogP) is 5.37. The second kappa shape index (κ2) is 18.6. The van der Waals surface area contributed by atoms with Crippen molar-refractivity contribution in [2.75, 3.05) is 16.9 Å². The van der Waals surface area contributed by atoms with Gasteiger partial charge >= 0.3 is 0 Å². The molecule has 72 heavy (non-hydrogen) atoms. The van der Waals surface area contributed by atoms with Crippen LogP contribution in [0, 0.1) is 10.1 Å². The summed E-state index contributed by atoms with van der Waals surface area (Å²) in [5.74, 6) is -0.989. The lowest BCUT2D eigenvalue weighted by molar-refractivity contribution is -0.383. The highest BCUT2D eigenvalue weighted by atomic mass is 32.2. The maximum absolute atomic E-state index is 14.1. The van der Waals surface area contributed by atoms with Gasteiger partial charge in [0.25, 0.3) is 46.2 Å². The van der Waals surface area contributed by atoms with E-state index < -0.39 is 93.4 Å². The van der Waals surface area contributed by atoms with Gasteiger partial charge in [0.05, 0.1) is 60.2 Å². The quantitative estimate of drug-likeness (QED) is 0.0287. The van der Waals surface area contributed by atoms with Crippen LogP contribution in [-0.2, 0) is 40.5 Å². The molecule has 0 saturated carbocycles. The van der Waals surface area contributed by atoms with Crippen molar-refractivity contribution in [1.29, 1.82) is 0 Å². The second-order valence-corrected chi connectivity index (χ2v) is 20.6. The fourth-order valence-electron chi connectivity index (χ4n) is 7.11. The van der Waals surface area contributed by atoms with Crippen LogP contribution in [0.2, 0.25) is 0 Å². The van der Waals surface area contributed by atoms with E-state index in [1.807, 2.05) is 0 Å². The molecule has 0 fully saturated rings. The first-order valence-electron chi connectivity index (χ1n) is 19.7. The van der Waals surface area contributed by atoms with Crippen LogP contribution in [0.25, 0.3) is 6.08 Å². The van der Waals surface area contributed by atoms with Crippen LogP contribution in [-0.4, -0.2) is 91.1 Å². The normalized spacial score (nSPS) is 17.5. The summed E-state index contributed by atoms with van der Waals surface area (Å²) >= 11 is 0. The lowest BCUT2D eigenvalue weighted by Crippen LogP contribution is -2.19. The second-order valence-electron chi connectivity index (χ2n) is 15.0. The Labute approximate surface area is 405 Å². The molecule has 3 aliphatic carbocycles. The summed E-state index contributed by atoms with van der Waals surface area (Å²) < 4.78 is 136. The fourth-order valence-corrected chi connectivity index (χ4v) is 9.43. The van der Waals surface area contributed by atoms with E-state index >= 15 is 0 Å². The number of allylic oxidation sites excluding steroid dienone is 5. The molecular weight excluding hydrogens is 1030 g/mol. The van der Waals surface area contributed by atoms with Crippen molar-refractivity contribution in [2.45, 2.75) is 19.6 Å². The number of hydrogen-bond acceptors (Lipinski definition) is 21. The zero-order valence-corrected chi connectivity index (χ0v) is 39.0. The summed E-state index contributed by atoms with van der Waals surface area (Å²) in [4.78, 5) is 22.1. The average Bonchev–Trinajstić information content (AvgIpc) is 3.30. The molecule has 26 nitrogen and oxygen atoms in total. The third kappa shape index (κ3) is 10.2. The molecule has 0 radical (unpaired) electrons. The van der Waals surface area contributed by atoms with Gasteiger partial charge < -0.3 is 11.5 Å². The Kier molecular flexibility index (Phi) is 12.9. The Morgan fingerprint density at radius 1 is 0.514 bits per heavy atom. The number of ketones is 1. The van der Waals surface area contributed by atoms with Crippen molar-refractivity contribution < 1.29 is 61.6 Å². The van der Waals surface area contributed by atoms with E-state index in [4.69, 9.17) is 11.5 Å². The first kappa shape index (κ1) is 49.8. The minimum atomic E-state index is -4.94. The standard InChI is InChI=1S/C42H29N11O15S4/c43-28-19-29(44)38(53(55)56)20-36(28)51-49-34-14-16-39(71(63,64)65)26-8-9-35(42(54)41(26)34)50-48-33-13-12-32(25-7-5-21(17-27(25)33)69(57,58)59)46-45-30-10-11-31(24-4-2-1-3-23(24)30)47-52-37-18-22(70(60,61)62)6-15-40(37)72(66,67)68/h1-20,52H,43-44H2,(H,57,58,59)(H,60,61,62)(H,63,64,65)(H,66,67,68). The number of nitrogens with two attached hydrogens (primary N) is 2. The van der Waals surface area contributed by atoms with Crippen molar-refractivity contribution in [2.24, 2.45) is 35.7 Å². The largest absolute Gasteiger partial charge is 0.397 e. The SMILES string of the molecule is Nc1cc(N)c([N+](=O)[O-])cc1N=Nc1ccc(S(=O)(=O)O)c2c1C(=O)C(=NN=C1C=CC(=NN=C3C=CC(=NNc4cc(S(=O)(=O)O)ccc4S(=O)(=O)O)c4ccccc43)c3ccc(S(=O)(=O)O)cc31)C=C2. The number of carbonyl (C=O) groups excluding carboxylic acids is 1. The third-order valence-corrected chi connectivity index (χ3v) is 14.0. The molecule has 30 heteroatoms.